The number of nitrogens with zero attached hydrogens (tertiary/aromatic N) is 3. The Morgan fingerprint density at radius 2 is 1.89 bits per heavy atom. The SMILES string of the molecule is CCNc1nc(N)n(-c2ccc(C(F)(F)F)cc2)n1. The predicted molar refractivity (Wildman–Crippen MR) is 64.9 cm³/mol. The van der Waals surface area contributed by atoms with Crippen molar-refractivity contribution < 1.29 is 13.2 Å². The van der Waals surface area contributed by atoms with Gasteiger partial charge < -0.3 is 11.1 Å². The number of nitrogens with two attached hydrogens (primary N) is 1. The van der Waals surface area contributed by atoms with Crippen LogP contribution in [0.25, 0.3) is 5.69 Å². The number of anilines is 2. The van der Waals surface area contributed by atoms with Gasteiger partial charge in [-0.05, 0) is 31.2 Å². The van der Waals surface area contributed by atoms with Crippen LogP contribution in [0.2, 0.25) is 0 Å². The summed E-state index contributed by atoms with van der Waals surface area (Å²) in [7, 11) is 0. The van der Waals surface area contributed by atoms with Gasteiger partial charge in [-0.1, -0.05) is 0 Å². The average molecular weight is 271 g/mol. The van der Waals surface area contributed by atoms with Crippen molar-refractivity contribution in [2.75, 3.05) is 17.6 Å². The molecule has 0 amide bonds. The normalized spacial score (nSPS) is 11.6. The average Bonchev–Trinajstić information content (AvgIpc) is 2.70. The second-order valence-electron chi connectivity index (χ2n) is 3.78. The maximum absolute atomic E-state index is 12.4. The monoisotopic (exact) mass is 271 g/mol. The first-order valence-corrected chi connectivity index (χ1v) is 5.56. The van der Waals surface area contributed by atoms with E-state index in [4.69, 9.17) is 5.73 Å². The molecule has 2 aromatic rings. The molecule has 0 saturated carbocycles. The minimum atomic E-state index is -4.36. The van der Waals surface area contributed by atoms with Gasteiger partial charge in [0, 0.05) is 6.54 Å². The molecule has 0 aliphatic rings. The Kier molecular flexibility index (Phi) is 3.32. The largest absolute Gasteiger partial charge is 0.416 e. The molecule has 0 aliphatic heterocycles. The Morgan fingerprint density at radius 1 is 1.26 bits per heavy atom. The van der Waals surface area contributed by atoms with Crippen LogP contribution in [-0.2, 0) is 6.18 Å². The Morgan fingerprint density at radius 3 is 2.42 bits per heavy atom. The number of rotatable bonds is 3. The molecule has 2 rings (SSSR count). The van der Waals surface area contributed by atoms with Crippen LogP contribution < -0.4 is 11.1 Å². The standard InChI is InChI=1S/C11H12F3N5/c1-2-16-10-17-9(15)19(18-10)8-5-3-7(4-6-8)11(12,13)14/h3-6H,2H2,1H3,(H3,15,16,17,18). The molecule has 102 valence electrons. The lowest BCUT2D eigenvalue weighted by Gasteiger charge is -2.07. The van der Waals surface area contributed by atoms with E-state index in [1.165, 1.54) is 16.8 Å². The van der Waals surface area contributed by atoms with Crippen molar-refractivity contribution >= 4 is 11.9 Å². The van der Waals surface area contributed by atoms with E-state index >= 15 is 0 Å². The fraction of sp³-hybridized carbons (Fsp3) is 0.273. The number of alkyl halides is 3. The molecule has 1 aromatic heterocycles. The number of nitrogen functional groups attached to an aromatic ring is 1. The Hall–Kier alpha value is -2.25. The van der Waals surface area contributed by atoms with Crippen LogP contribution in [0.4, 0.5) is 25.1 Å². The minimum absolute atomic E-state index is 0.107. The molecule has 0 fully saturated rings. The van der Waals surface area contributed by atoms with Gasteiger partial charge in [0.05, 0.1) is 11.3 Å². The van der Waals surface area contributed by atoms with Crippen LogP contribution in [0.1, 0.15) is 12.5 Å². The van der Waals surface area contributed by atoms with Crippen molar-refractivity contribution in [1.82, 2.24) is 14.8 Å². The molecule has 0 radical (unpaired) electrons. The molecule has 0 unspecified atom stereocenters. The summed E-state index contributed by atoms with van der Waals surface area (Å²) >= 11 is 0. The van der Waals surface area contributed by atoms with Crippen LogP contribution in [0.15, 0.2) is 24.3 Å². The molecule has 5 nitrogen and oxygen atoms in total. The highest BCUT2D eigenvalue weighted by Crippen LogP contribution is 2.29. The summed E-state index contributed by atoms with van der Waals surface area (Å²) < 4.78 is 38.6. The molecule has 0 saturated heterocycles. The summed E-state index contributed by atoms with van der Waals surface area (Å²) in [5.41, 5.74) is 5.35. The lowest BCUT2D eigenvalue weighted by Crippen LogP contribution is -2.06. The van der Waals surface area contributed by atoms with Crippen LogP contribution in [-0.4, -0.2) is 21.3 Å². The molecule has 0 spiro atoms. The van der Waals surface area contributed by atoms with E-state index in [0.717, 1.165) is 12.1 Å². The van der Waals surface area contributed by atoms with E-state index in [1.54, 1.807) is 0 Å². The van der Waals surface area contributed by atoms with Gasteiger partial charge >= 0.3 is 6.18 Å². The minimum Gasteiger partial charge on any atom is -0.368 e. The fourth-order valence-corrected chi connectivity index (χ4v) is 1.54. The molecule has 1 aromatic carbocycles. The Bertz CT molecular complexity index is 559. The molecule has 0 atom stereocenters. The van der Waals surface area contributed by atoms with Gasteiger partial charge in [-0.3, -0.25) is 0 Å². The maximum atomic E-state index is 12.4. The van der Waals surface area contributed by atoms with Crippen LogP contribution >= 0.6 is 0 Å². The van der Waals surface area contributed by atoms with Gasteiger partial charge in [-0.15, -0.1) is 5.10 Å². The van der Waals surface area contributed by atoms with E-state index in [1.807, 2.05) is 6.92 Å². The zero-order valence-corrected chi connectivity index (χ0v) is 10.1. The zero-order valence-electron chi connectivity index (χ0n) is 10.1. The highest BCUT2D eigenvalue weighted by Gasteiger charge is 2.30. The number of aromatic nitrogens is 3. The quantitative estimate of drug-likeness (QED) is 0.898. The first-order chi connectivity index (χ1) is 8.91. The van der Waals surface area contributed by atoms with Crippen LogP contribution in [0, 0.1) is 0 Å². The molecule has 0 bridgehead atoms. The summed E-state index contributed by atoms with van der Waals surface area (Å²) in [4.78, 5) is 3.94. The third kappa shape index (κ3) is 2.78. The maximum Gasteiger partial charge on any atom is 0.416 e. The molecule has 19 heavy (non-hydrogen) atoms. The van der Waals surface area contributed by atoms with E-state index < -0.39 is 11.7 Å². The third-order valence-electron chi connectivity index (χ3n) is 2.41. The van der Waals surface area contributed by atoms with Crippen molar-refractivity contribution in [3.05, 3.63) is 29.8 Å². The number of hydrogen-bond donors (Lipinski definition) is 2. The lowest BCUT2D eigenvalue weighted by atomic mass is 10.2. The van der Waals surface area contributed by atoms with E-state index in [-0.39, 0.29) is 5.95 Å². The number of hydrogen-bond acceptors (Lipinski definition) is 4. The van der Waals surface area contributed by atoms with Gasteiger partial charge in [0.15, 0.2) is 0 Å². The van der Waals surface area contributed by atoms with Crippen molar-refractivity contribution in [1.29, 1.82) is 0 Å². The summed E-state index contributed by atoms with van der Waals surface area (Å²) in [6.07, 6.45) is -4.36. The highest BCUT2D eigenvalue weighted by atomic mass is 19.4. The molecular formula is C11H12F3N5. The Balaban J connectivity index is 2.32. The second-order valence-corrected chi connectivity index (χ2v) is 3.78. The Labute approximate surface area is 107 Å². The van der Waals surface area contributed by atoms with Crippen molar-refractivity contribution in [2.24, 2.45) is 0 Å². The van der Waals surface area contributed by atoms with Gasteiger partial charge in [0.1, 0.15) is 0 Å². The summed E-state index contributed by atoms with van der Waals surface area (Å²) in [6.45, 7) is 2.49. The van der Waals surface area contributed by atoms with Crippen molar-refractivity contribution in [2.45, 2.75) is 13.1 Å². The highest BCUT2D eigenvalue weighted by molar-refractivity contribution is 5.43. The molecule has 3 N–H and O–H groups in total. The molecule has 1 heterocycles. The third-order valence-corrected chi connectivity index (χ3v) is 2.41. The number of nitrogens with one attached hydrogen (secondary N) is 1. The van der Waals surface area contributed by atoms with Gasteiger partial charge in [0.25, 0.3) is 0 Å². The first kappa shape index (κ1) is 13.2. The predicted octanol–water partition coefficient (Wildman–Crippen LogP) is 2.30. The van der Waals surface area contributed by atoms with Crippen LogP contribution in [0.5, 0.6) is 0 Å². The van der Waals surface area contributed by atoms with Crippen molar-refractivity contribution in [3.8, 4) is 5.69 Å². The van der Waals surface area contributed by atoms with E-state index in [9.17, 15) is 13.2 Å². The van der Waals surface area contributed by atoms with Gasteiger partial charge in [-0.25, -0.2) is 0 Å². The van der Waals surface area contributed by atoms with Gasteiger partial charge in [-0.2, -0.15) is 22.8 Å². The first-order valence-electron chi connectivity index (χ1n) is 5.56. The summed E-state index contributed by atoms with van der Waals surface area (Å²) in [5, 5.41) is 6.92. The van der Waals surface area contributed by atoms with Crippen LogP contribution in [0.3, 0.4) is 0 Å². The van der Waals surface area contributed by atoms with Crippen molar-refractivity contribution in [3.63, 3.8) is 0 Å². The smallest absolute Gasteiger partial charge is 0.368 e. The molecule has 0 aliphatic carbocycles. The number of halogens is 3. The lowest BCUT2D eigenvalue weighted by molar-refractivity contribution is -0.137. The number of benzene rings is 1. The zero-order chi connectivity index (χ0) is 14.0. The topological polar surface area (TPSA) is 68.8 Å². The second kappa shape index (κ2) is 4.79. The molecular weight excluding hydrogens is 259 g/mol. The van der Waals surface area contributed by atoms with Gasteiger partial charge in [0.2, 0.25) is 11.9 Å². The summed E-state index contributed by atoms with van der Waals surface area (Å²) in [6, 6.07) is 4.54. The van der Waals surface area contributed by atoms with E-state index in [0.29, 0.717) is 18.2 Å². The van der Waals surface area contributed by atoms with E-state index in [2.05, 4.69) is 15.4 Å². The fourth-order valence-electron chi connectivity index (χ4n) is 1.54. The molecule has 8 heteroatoms. The summed E-state index contributed by atoms with van der Waals surface area (Å²) in [5.74, 6) is 0.440.